The SMILES string of the molecule is NC(=S)c1ccc(N2CCCc3ccccc32)cc1Br. The van der Waals surface area contributed by atoms with Crippen molar-refractivity contribution in [2.45, 2.75) is 12.8 Å². The molecule has 0 saturated carbocycles. The zero-order valence-electron chi connectivity index (χ0n) is 11.0. The fourth-order valence-electron chi connectivity index (χ4n) is 2.67. The number of nitrogens with zero attached hydrogens (tertiary/aromatic N) is 1. The van der Waals surface area contributed by atoms with Crippen LogP contribution in [-0.4, -0.2) is 11.5 Å². The standard InChI is InChI=1S/C16H15BrN2S/c17-14-10-12(7-8-13(14)16(18)20)19-9-3-5-11-4-1-2-6-15(11)19/h1-2,4,6-8,10H,3,5,9H2,(H2,18,20). The molecule has 0 amide bonds. The van der Waals surface area contributed by atoms with Crippen LogP contribution in [0.4, 0.5) is 11.4 Å². The van der Waals surface area contributed by atoms with E-state index in [1.165, 1.54) is 23.4 Å². The Bertz CT molecular complexity index is 669. The average molecular weight is 347 g/mol. The van der Waals surface area contributed by atoms with E-state index in [0.717, 1.165) is 23.0 Å². The van der Waals surface area contributed by atoms with Crippen molar-refractivity contribution >= 4 is 44.5 Å². The number of fused-ring (bicyclic) bond motifs is 1. The summed E-state index contributed by atoms with van der Waals surface area (Å²) in [6.45, 7) is 1.04. The summed E-state index contributed by atoms with van der Waals surface area (Å²) in [5.74, 6) is 0. The van der Waals surface area contributed by atoms with Gasteiger partial charge in [0.05, 0.1) is 0 Å². The maximum atomic E-state index is 5.71. The minimum Gasteiger partial charge on any atom is -0.389 e. The highest BCUT2D eigenvalue weighted by molar-refractivity contribution is 9.10. The maximum Gasteiger partial charge on any atom is 0.105 e. The predicted octanol–water partition coefficient (Wildman–Crippen LogP) is 4.17. The molecule has 0 aliphatic carbocycles. The first-order chi connectivity index (χ1) is 9.66. The monoisotopic (exact) mass is 346 g/mol. The minimum absolute atomic E-state index is 0.419. The van der Waals surface area contributed by atoms with E-state index >= 15 is 0 Å². The van der Waals surface area contributed by atoms with Gasteiger partial charge in [0.2, 0.25) is 0 Å². The van der Waals surface area contributed by atoms with Gasteiger partial charge in [0.15, 0.2) is 0 Å². The number of para-hydroxylation sites is 1. The van der Waals surface area contributed by atoms with Crippen molar-refractivity contribution in [2.75, 3.05) is 11.4 Å². The van der Waals surface area contributed by atoms with Crippen molar-refractivity contribution in [3.63, 3.8) is 0 Å². The van der Waals surface area contributed by atoms with Crippen LogP contribution in [0.5, 0.6) is 0 Å². The highest BCUT2D eigenvalue weighted by Crippen LogP contribution is 2.35. The maximum absolute atomic E-state index is 5.71. The molecule has 0 radical (unpaired) electrons. The van der Waals surface area contributed by atoms with Gasteiger partial charge in [-0.3, -0.25) is 0 Å². The first-order valence-electron chi connectivity index (χ1n) is 6.61. The molecular formula is C16H15BrN2S. The third kappa shape index (κ3) is 2.45. The Morgan fingerprint density at radius 2 is 2.00 bits per heavy atom. The second-order valence-electron chi connectivity index (χ2n) is 4.91. The number of thiocarbonyl (C=S) groups is 1. The molecule has 1 aliphatic rings. The third-order valence-electron chi connectivity index (χ3n) is 3.64. The van der Waals surface area contributed by atoms with E-state index in [4.69, 9.17) is 18.0 Å². The lowest BCUT2D eigenvalue weighted by molar-refractivity contribution is 0.767. The molecule has 0 unspecified atom stereocenters. The number of rotatable bonds is 2. The fraction of sp³-hybridized carbons (Fsp3) is 0.188. The highest BCUT2D eigenvalue weighted by Gasteiger charge is 2.18. The molecule has 4 heteroatoms. The molecule has 0 saturated heterocycles. The van der Waals surface area contributed by atoms with Crippen molar-refractivity contribution < 1.29 is 0 Å². The number of aryl methyl sites for hydroxylation is 1. The van der Waals surface area contributed by atoms with Crippen LogP contribution >= 0.6 is 28.1 Å². The van der Waals surface area contributed by atoms with Gasteiger partial charge in [-0.15, -0.1) is 0 Å². The van der Waals surface area contributed by atoms with E-state index in [0.29, 0.717) is 4.99 Å². The number of benzene rings is 2. The summed E-state index contributed by atoms with van der Waals surface area (Å²) in [7, 11) is 0. The number of halogens is 1. The molecule has 2 N–H and O–H groups in total. The first-order valence-corrected chi connectivity index (χ1v) is 7.82. The Balaban J connectivity index is 2.03. The lowest BCUT2D eigenvalue weighted by Gasteiger charge is -2.31. The highest BCUT2D eigenvalue weighted by atomic mass is 79.9. The summed E-state index contributed by atoms with van der Waals surface area (Å²) >= 11 is 8.61. The van der Waals surface area contributed by atoms with Crippen LogP contribution in [0.1, 0.15) is 17.5 Å². The zero-order chi connectivity index (χ0) is 14.1. The normalized spacial score (nSPS) is 13.9. The molecule has 2 aromatic rings. The van der Waals surface area contributed by atoms with Gasteiger partial charge in [-0.25, -0.2) is 0 Å². The molecule has 0 atom stereocenters. The summed E-state index contributed by atoms with van der Waals surface area (Å²) in [5.41, 5.74) is 10.5. The lowest BCUT2D eigenvalue weighted by Crippen LogP contribution is -2.24. The third-order valence-corrected chi connectivity index (χ3v) is 4.52. The Morgan fingerprint density at radius 1 is 1.20 bits per heavy atom. The Morgan fingerprint density at radius 3 is 2.75 bits per heavy atom. The topological polar surface area (TPSA) is 29.3 Å². The molecule has 0 fully saturated rings. The Hall–Kier alpha value is -1.39. The lowest BCUT2D eigenvalue weighted by atomic mass is 10.0. The van der Waals surface area contributed by atoms with E-state index in [2.05, 4.69) is 57.2 Å². The van der Waals surface area contributed by atoms with Crippen molar-refractivity contribution in [2.24, 2.45) is 5.73 Å². The average Bonchev–Trinajstić information content (AvgIpc) is 2.46. The van der Waals surface area contributed by atoms with Gasteiger partial charge in [-0.05, 0) is 58.6 Å². The van der Waals surface area contributed by atoms with Gasteiger partial charge in [-0.1, -0.05) is 30.4 Å². The smallest absolute Gasteiger partial charge is 0.105 e. The van der Waals surface area contributed by atoms with E-state index in [1.54, 1.807) is 0 Å². The Labute approximate surface area is 132 Å². The zero-order valence-corrected chi connectivity index (χ0v) is 13.4. The molecule has 0 bridgehead atoms. The molecule has 20 heavy (non-hydrogen) atoms. The first kappa shape index (κ1) is 13.6. The molecule has 2 nitrogen and oxygen atoms in total. The van der Waals surface area contributed by atoms with Crippen LogP contribution in [-0.2, 0) is 6.42 Å². The summed E-state index contributed by atoms with van der Waals surface area (Å²) < 4.78 is 0.950. The van der Waals surface area contributed by atoms with Crippen LogP contribution in [0, 0.1) is 0 Å². The van der Waals surface area contributed by atoms with Crippen LogP contribution in [0.3, 0.4) is 0 Å². The summed E-state index contributed by atoms with van der Waals surface area (Å²) in [6, 6.07) is 14.8. The van der Waals surface area contributed by atoms with Crippen LogP contribution in [0.25, 0.3) is 0 Å². The van der Waals surface area contributed by atoms with E-state index < -0.39 is 0 Å². The number of nitrogens with two attached hydrogens (primary N) is 1. The summed E-state index contributed by atoms with van der Waals surface area (Å²) in [4.78, 5) is 2.77. The van der Waals surface area contributed by atoms with Crippen molar-refractivity contribution in [1.29, 1.82) is 0 Å². The minimum atomic E-state index is 0.419. The van der Waals surface area contributed by atoms with Crippen LogP contribution < -0.4 is 10.6 Å². The van der Waals surface area contributed by atoms with Gasteiger partial charge in [0.1, 0.15) is 4.99 Å². The van der Waals surface area contributed by atoms with Gasteiger partial charge in [-0.2, -0.15) is 0 Å². The van der Waals surface area contributed by atoms with Crippen LogP contribution in [0.2, 0.25) is 0 Å². The second-order valence-corrected chi connectivity index (χ2v) is 6.21. The van der Waals surface area contributed by atoms with Crippen molar-refractivity contribution in [3.05, 3.63) is 58.1 Å². The van der Waals surface area contributed by atoms with Gasteiger partial charge >= 0.3 is 0 Å². The van der Waals surface area contributed by atoms with E-state index in [9.17, 15) is 0 Å². The van der Waals surface area contributed by atoms with Gasteiger partial charge in [0.25, 0.3) is 0 Å². The summed E-state index contributed by atoms with van der Waals surface area (Å²) in [6.07, 6.45) is 2.32. The second kappa shape index (κ2) is 5.54. The Kier molecular flexibility index (Phi) is 3.76. The number of hydrogen-bond donors (Lipinski definition) is 1. The fourth-order valence-corrected chi connectivity index (χ4v) is 3.56. The largest absolute Gasteiger partial charge is 0.389 e. The molecule has 1 aliphatic heterocycles. The summed E-state index contributed by atoms with van der Waals surface area (Å²) in [5, 5.41) is 0. The molecule has 2 aromatic carbocycles. The van der Waals surface area contributed by atoms with Crippen molar-refractivity contribution in [1.82, 2.24) is 0 Å². The van der Waals surface area contributed by atoms with Gasteiger partial charge in [0, 0.05) is 28.0 Å². The molecule has 102 valence electrons. The molecule has 3 rings (SSSR count). The molecule has 1 heterocycles. The quantitative estimate of drug-likeness (QED) is 0.827. The van der Waals surface area contributed by atoms with E-state index in [1.807, 2.05) is 6.07 Å². The molecular weight excluding hydrogens is 332 g/mol. The number of anilines is 2. The van der Waals surface area contributed by atoms with Crippen molar-refractivity contribution in [3.8, 4) is 0 Å². The molecule has 0 aromatic heterocycles. The van der Waals surface area contributed by atoms with E-state index in [-0.39, 0.29) is 0 Å². The molecule has 0 spiro atoms. The number of hydrogen-bond acceptors (Lipinski definition) is 2. The van der Waals surface area contributed by atoms with Crippen LogP contribution in [0.15, 0.2) is 46.9 Å². The predicted molar refractivity (Wildman–Crippen MR) is 91.8 cm³/mol. The van der Waals surface area contributed by atoms with Gasteiger partial charge < -0.3 is 10.6 Å².